The fourth-order valence-electron chi connectivity index (χ4n) is 3.13. The molecule has 6 nitrogen and oxygen atoms in total. The molecule has 0 unspecified atom stereocenters. The predicted molar refractivity (Wildman–Crippen MR) is 94.8 cm³/mol. The third-order valence-electron chi connectivity index (χ3n) is 4.65. The lowest BCUT2D eigenvalue weighted by atomic mass is 10.1. The number of carbonyl (C=O) groups excluding carboxylic acids is 1. The van der Waals surface area contributed by atoms with Gasteiger partial charge in [0, 0.05) is 24.8 Å². The molecule has 0 aliphatic carbocycles. The highest BCUT2D eigenvalue weighted by molar-refractivity contribution is 5.81. The van der Waals surface area contributed by atoms with Gasteiger partial charge in [-0.15, -0.1) is 0 Å². The average molecular weight is 343 g/mol. The van der Waals surface area contributed by atoms with Gasteiger partial charge in [0.25, 0.3) is 5.91 Å². The lowest BCUT2D eigenvalue weighted by molar-refractivity contribution is -0.157. The number of amides is 1. The molecule has 25 heavy (non-hydrogen) atoms. The van der Waals surface area contributed by atoms with Crippen LogP contribution in [0.4, 0.5) is 0 Å². The first kappa shape index (κ1) is 17.6. The second-order valence-corrected chi connectivity index (χ2v) is 6.48. The van der Waals surface area contributed by atoms with Crippen molar-refractivity contribution in [2.45, 2.75) is 33.4 Å². The Kier molecular flexibility index (Phi) is 5.20. The van der Waals surface area contributed by atoms with E-state index in [0.29, 0.717) is 26.4 Å². The Bertz CT molecular complexity index is 763. The van der Waals surface area contributed by atoms with Crippen LogP contribution in [0.5, 0.6) is 0 Å². The van der Waals surface area contributed by atoms with E-state index in [4.69, 9.17) is 9.47 Å². The number of hydrogen-bond donors (Lipinski definition) is 0. The summed E-state index contributed by atoms with van der Waals surface area (Å²) in [6, 6.07) is 8.15. The van der Waals surface area contributed by atoms with Gasteiger partial charge >= 0.3 is 0 Å². The summed E-state index contributed by atoms with van der Waals surface area (Å²) >= 11 is 0. The van der Waals surface area contributed by atoms with Gasteiger partial charge in [-0.1, -0.05) is 18.2 Å². The average Bonchev–Trinajstić information content (AvgIpc) is 2.90. The maximum Gasteiger partial charge on any atom is 0.254 e. The summed E-state index contributed by atoms with van der Waals surface area (Å²) in [5, 5.41) is 4.69. The van der Waals surface area contributed by atoms with Crippen molar-refractivity contribution in [3.8, 4) is 5.69 Å². The number of aryl methyl sites for hydroxylation is 2. The van der Waals surface area contributed by atoms with Crippen molar-refractivity contribution in [3.63, 3.8) is 0 Å². The molecule has 0 spiro atoms. The fraction of sp³-hybridized carbons (Fsp3) is 0.474. The molecule has 1 aliphatic rings. The molecule has 1 fully saturated rings. The van der Waals surface area contributed by atoms with E-state index in [1.165, 1.54) is 0 Å². The highest BCUT2D eigenvalue weighted by Gasteiger charge is 2.27. The SMILES string of the molecule is Cc1ccccc1-n1nc(C)c(CN(C)C(=O)[C@H]2COCCO2)c1C. The number of rotatable bonds is 4. The van der Waals surface area contributed by atoms with Crippen LogP contribution >= 0.6 is 0 Å². The van der Waals surface area contributed by atoms with Gasteiger partial charge in [0.05, 0.1) is 31.2 Å². The molecule has 0 N–H and O–H groups in total. The lowest BCUT2D eigenvalue weighted by Gasteiger charge is -2.27. The molecule has 6 heteroatoms. The Balaban J connectivity index is 1.81. The zero-order valence-corrected chi connectivity index (χ0v) is 15.3. The fourth-order valence-corrected chi connectivity index (χ4v) is 3.13. The minimum Gasteiger partial charge on any atom is -0.376 e. The van der Waals surface area contributed by atoms with E-state index in [0.717, 1.165) is 28.2 Å². The summed E-state index contributed by atoms with van der Waals surface area (Å²) in [7, 11) is 1.80. The van der Waals surface area contributed by atoms with E-state index < -0.39 is 6.10 Å². The summed E-state index contributed by atoms with van der Waals surface area (Å²) < 4.78 is 12.8. The van der Waals surface area contributed by atoms with Crippen LogP contribution < -0.4 is 0 Å². The summed E-state index contributed by atoms with van der Waals surface area (Å²) in [4.78, 5) is 14.2. The highest BCUT2D eigenvalue weighted by atomic mass is 16.6. The monoisotopic (exact) mass is 343 g/mol. The molecule has 0 bridgehead atoms. The van der Waals surface area contributed by atoms with Crippen LogP contribution in [0.1, 0.15) is 22.5 Å². The van der Waals surface area contributed by atoms with E-state index >= 15 is 0 Å². The Labute approximate surface area is 148 Å². The maximum absolute atomic E-state index is 12.5. The second-order valence-electron chi connectivity index (χ2n) is 6.48. The number of hydrogen-bond acceptors (Lipinski definition) is 4. The topological polar surface area (TPSA) is 56.6 Å². The zero-order valence-electron chi connectivity index (χ0n) is 15.3. The minimum atomic E-state index is -0.509. The predicted octanol–water partition coefficient (Wildman–Crippen LogP) is 2.17. The van der Waals surface area contributed by atoms with Crippen molar-refractivity contribution in [2.24, 2.45) is 0 Å². The van der Waals surface area contributed by atoms with Crippen molar-refractivity contribution < 1.29 is 14.3 Å². The number of likely N-dealkylation sites (N-methyl/N-ethyl adjacent to an activating group) is 1. The molecule has 1 saturated heterocycles. The first-order valence-corrected chi connectivity index (χ1v) is 8.54. The summed E-state index contributed by atoms with van der Waals surface area (Å²) in [6.07, 6.45) is -0.509. The molecule has 1 amide bonds. The van der Waals surface area contributed by atoms with Crippen LogP contribution in [0.3, 0.4) is 0 Å². The van der Waals surface area contributed by atoms with Gasteiger partial charge in [-0.05, 0) is 32.4 Å². The lowest BCUT2D eigenvalue weighted by Crippen LogP contribution is -2.43. The van der Waals surface area contributed by atoms with Gasteiger partial charge in [-0.2, -0.15) is 5.10 Å². The van der Waals surface area contributed by atoms with Crippen molar-refractivity contribution in [2.75, 3.05) is 26.9 Å². The van der Waals surface area contributed by atoms with Crippen LogP contribution in [-0.4, -0.2) is 53.6 Å². The number of ether oxygens (including phenoxy) is 2. The molecule has 0 saturated carbocycles. The molecule has 1 aromatic heterocycles. The van der Waals surface area contributed by atoms with Crippen LogP contribution in [-0.2, 0) is 20.8 Å². The first-order chi connectivity index (χ1) is 12.0. The molecule has 2 heterocycles. The van der Waals surface area contributed by atoms with Crippen molar-refractivity contribution in [1.82, 2.24) is 14.7 Å². The van der Waals surface area contributed by atoms with Crippen molar-refractivity contribution in [3.05, 3.63) is 46.8 Å². The maximum atomic E-state index is 12.5. The molecule has 0 radical (unpaired) electrons. The minimum absolute atomic E-state index is 0.0536. The molecular formula is C19H25N3O3. The van der Waals surface area contributed by atoms with Gasteiger partial charge in [0.2, 0.25) is 0 Å². The van der Waals surface area contributed by atoms with Gasteiger partial charge < -0.3 is 14.4 Å². The Hall–Kier alpha value is -2.18. The Morgan fingerprint density at radius 3 is 2.72 bits per heavy atom. The van der Waals surface area contributed by atoms with Crippen molar-refractivity contribution in [1.29, 1.82) is 0 Å². The Morgan fingerprint density at radius 1 is 1.28 bits per heavy atom. The largest absolute Gasteiger partial charge is 0.376 e. The molecule has 3 rings (SSSR count). The summed E-state index contributed by atoms with van der Waals surface area (Å²) in [6.45, 7) is 7.94. The van der Waals surface area contributed by atoms with Gasteiger partial charge in [-0.25, -0.2) is 4.68 Å². The first-order valence-electron chi connectivity index (χ1n) is 8.54. The molecule has 134 valence electrons. The van der Waals surface area contributed by atoms with Gasteiger partial charge in [0.15, 0.2) is 6.10 Å². The molecular weight excluding hydrogens is 318 g/mol. The third-order valence-corrected chi connectivity index (χ3v) is 4.65. The smallest absolute Gasteiger partial charge is 0.254 e. The zero-order chi connectivity index (χ0) is 18.0. The molecule has 2 aromatic rings. The molecule has 1 aromatic carbocycles. The standard InChI is InChI=1S/C19H25N3O3/c1-13-7-5-6-8-17(13)22-15(3)16(14(2)20-22)11-21(4)19(23)18-12-24-9-10-25-18/h5-8,18H,9-12H2,1-4H3/t18-/m1/s1. The number of nitrogens with zero attached hydrogens (tertiary/aromatic N) is 3. The summed E-state index contributed by atoms with van der Waals surface area (Å²) in [5.74, 6) is -0.0536. The molecule has 1 aliphatic heterocycles. The number of para-hydroxylation sites is 1. The van der Waals surface area contributed by atoms with E-state index in [9.17, 15) is 4.79 Å². The van der Waals surface area contributed by atoms with Crippen LogP contribution in [0, 0.1) is 20.8 Å². The van der Waals surface area contributed by atoms with E-state index in [1.807, 2.05) is 30.7 Å². The quantitative estimate of drug-likeness (QED) is 0.854. The van der Waals surface area contributed by atoms with Gasteiger partial charge in [0.1, 0.15) is 0 Å². The Morgan fingerprint density at radius 2 is 2.04 bits per heavy atom. The van der Waals surface area contributed by atoms with Crippen LogP contribution in [0.25, 0.3) is 5.69 Å². The molecule has 1 atom stereocenters. The van der Waals surface area contributed by atoms with Crippen LogP contribution in [0.15, 0.2) is 24.3 Å². The third kappa shape index (κ3) is 3.60. The van der Waals surface area contributed by atoms with E-state index in [1.54, 1.807) is 11.9 Å². The van der Waals surface area contributed by atoms with Crippen LogP contribution in [0.2, 0.25) is 0 Å². The van der Waals surface area contributed by atoms with E-state index in [-0.39, 0.29) is 5.91 Å². The summed E-state index contributed by atoms with van der Waals surface area (Å²) in [5.41, 5.74) is 5.27. The normalized spacial score (nSPS) is 17.5. The van der Waals surface area contributed by atoms with E-state index in [2.05, 4.69) is 24.2 Å². The van der Waals surface area contributed by atoms with Crippen molar-refractivity contribution >= 4 is 5.91 Å². The highest BCUT2D eigenvalue weighted by Crippen LogP contribution is 2.21. The number of benzene rings is 1. The number of aromatic nitrogens is 2. The number of carbonyl (C=O) groups is 1. The second kappa shape index (κ2) is 7.37. The van der Waals surface area contributed by atoms with Gasteiger partial charge in [-0.3, -0.25) is 4.79 Å².